The van der Waals surface area contributed by atoms with Crippen LogP contribution < -0.4 is 5.32 Å². The lowest BCUT2D eigenvalue weighted by atomic mass is 10.1. The highest BCUT2D eigenvalue weighted by molar-refractivity contribution is 7.99. The zero-order chi connectivity index (χ0) is 12.8. The molecule has 96 valence electrons. The molecule has 4 heteroatoms. The van der Waals surface area contributed by atoms with E-state index < -0.39 is 0 Å². The van der Waals surface area contributed by atoms with Crippen LogP contribution in [0.3, 0.4) is 0 Å². The third-order valence-corrected chi connectivity index (χ3v) is 3.61. The first kappa shape index (κ1) is 14.5. The lowest BCUT2D eigenvalue weighted by Crippen LogP contribution is -2.32. The topological polar surface area (TPSA) is 37.8 Å². The number of hydrogen-bond acceptors (Lipinski definition) is 4. The molecule has 0 amide bonds. The minimum atomic E-state index is 0.566. The molecule has 0 fully saturated rings. The largest absolute Gasteiger partial charge is 0.313 e. The average Bonchev–Trinajstić information content (AvgIpc) is 2.22. The molecule has 3 nitrogen and oxygen atoms in total. The van der Waals surface area contributed by atoms with Crippen molar-refractivity contribution in [2.75, 3.05) is 12.3 Å². The van der Waals surface area contributed by atoms with Gasteiger partial charge in [-0.25, -0.2) is 9.97 Å². The van der Waals surface area contributed by atoms with Gasteiger partial charge in [0, 0.05) is 29.7 Å². The number of aryl methyl sites for hydroxylation is 2. The van der Waals surface area contributed by atoms with Crippen LogP contribution >= 0.6 is 11.8 Å². The van der Waals surface area contributed by atoms with Gasteiger partial charge in [0.15, 0.2) is 5.16 Å². The average molecular weight is 253 g/mol. The monoisotopic (exact) mass is 253 g/mol. The summed E-state index contributed by atoms with van der Waals surface area (Å²) in [6.45, 7) is 11.7. The molecule has 0 aliphatic rings. The highest BCUT2D eigenvalue weighted by Crippen LogP contribution is 2.13. The summed E-state index contributed by atoms with van der Waals surface area (Å²) in [6, 6.07) is 2.57. The van der Waals surface area contributed by atoms with Crippen molar-refractivity contribution in [1.82, 2.24) is 15.3 Å². The van der Waals surface area contributed by atoms with Crippen LogP contribution in [-0.4, -0.2) is 28.3 Å². The Morgan fingerprint density at radius 3 is 2.29 bits per heavy atom. The molecule has 1 N–H and O–H groups in total. The zero-order valence-electron chi connectivity index (χ0n) is 11.4. The van der Waals surface area contributed by atoms with E-state index in [2.05, 4.69) is 36.1 Å². The van der Waals surface area contributed by atoms with Gasteiger partial charge < -0.3 is 5.32 Å². The van der Waals surface area contributed by atoms with Crippen molar-refractivity contribution in [2.45, 2.75) is 45.8 Å². The van der Waals surface area contributed by atoms with Crippen molar-refractivity contribution in [1.29, 1.82) is 0 Å². The third kappa shape index (κ3) is 5.50. The molecule has 0 aliphatic heterocycles. The molecule has 1 aromatic heterocycles. The van der Waals surface area contributed by atoms with E-state index in [1.54, 1.807) is 11.8 Å². The van der Waals surface area contributed by atoms with Crippen LogP contribution in [-0.2, 0) is 0 Å². The molecule has 0 saturated carbocycles. The first-order valence-corrected chi connectivity index (χ1v) is 7.16. The highest BCUT2D eigenvalue weighted by atomic mass is 32.2. The lowest BCUT2D eigenvalue weighted by Gasteiger charge is -2.16. The summed E-state index contributed by atoms with van der Waals surface area (Å²) in [4.78, 5) is 8.82. The van der Waals surface area contributed by atoms with E-state index in [9.17, 15) is 0 Å². The molecular formula is C13H23N3S. The van der Waals surface area contributed by atoms with Crippen molar-refractivity contribution in [2.24, 2.45) is 5.92 Å². The van der Waals surface area contributed by atoms with E-state index in [0.29, 0.717) is 12.0 Å². The predicted octanol–water partition coefficient (Wildman–Crippen LogP) is 2.82. The van der Waals surface area contributed by atoms with E-state index in [4.69, 9.17) is 0 Å². The second-order valence-electron chi connectivity index (χ2n) is 4.77. The maximum absolute atomic E-state index is 4.41. The summed E-state index contributed by atoms with van der Waals surface area (Å²) in [5.41, 5.74) is 2.09. The SMILES string of the molecule is Cc1cc(C)nc(SCCNC(C)C(C)C)n1. The van der Waals surface area contributed by atoms with E-state index in [1.165, 1.54) is 0 Å². The van der Waals surface area contributed by atoms with Gasteiger partial charge in [-0.15, -0.1) is 0 Å². The fourth-order valence-corrected chi connectivity index (χ4v) is 2.24. The molecule has 0 saturated heterocycles. The van der Waals surface area contributed by atoms with Gasteiger partial charge in [-0.3, -0.25) is 0 Å². The van der Waals surface area contributed by atoms with Crippen molar-refractivity contribution in [3.05, 3.63) is 17.5 Å². The molecule has 1 atom stereocenters. The van der Waals surface area contributed by atoms with E-state index in [1.807, 2.05) is 19.9 Å². The van der Waals surface area contributed by atoms with Gasteiger partial charge in [0.25, 0.3) is 0 Å². The Morgan fingerprint density at radius 2 is 1.76 bits per heavy atom. The predicted molar refractivity (Wildman–Crippen MR) is 74.5 cm³/mol. The molecule has 0 spiro atoms. The van der Waals surface area contributed by atoms with Gasteiger partial charge in [-0.05, 0) is 32.8 Å². The first-order valence-electron chi connectivity index (χ1n) is 6.17. The second-order valence-corrected chi connectivity index (χ2v) is 5.83. The van der Waals surface area contributed by atoms with Gasteiger partial charge in [-0.1, -0.05) is 25.6 Å². The fraction of sp³-hybridized carbons (Fsp3) is 0.692. The Bertz CT molecular complexity index is 332. The summed E-state index contributed by atoms with van der Waals surface area (Å²) in [5.74, 6) is 1.69. The molecule has 1 heterocycles. The maximum Gasteiger partial charge on any atom is 0.188 e. The highest BCUT2D eigenvalue weighted by Gasteiger charge is 2.05. The molecule has 17 heavy (non-hydrogen) atoms. The van der Waals surface area contributed by atoms with Crippen LogP contribution in [0.5, 0.6) is 0 Å². The summed E-state index contributed by atoms with van der Waals surface area (Å²) < 4.78 is 0. The number of aromatic nitrogens is 2. The number of thioether (sulfide) groups is 1. The van der Waals surface area contributed by atoms with Crippen molar-refractivity contribution in [3.8, 4) is 0 Å². The Labute approximate surface area is 109 Å². The van der Waals surface area contributed by atoms with E-state index in [-0.39, 0.29) is 0 Å². The summed E-state index contributed by atoms with van der Waals surface area (Å²) >= 11 is 1.72. The van der Waals surface area contributed by atoms with Crippen molar-refractivity contribution < 1.29 is 0 Å². The van der Waals surface area contributed by atoms with Crippen LogP contribution in [0.4, 0.5) is 0 Å². The van der Waals surface area contributed by atoms with Crippen LogP contribution in [0.25, 0.3) is 0 Å². The van der Waals surface area contributed by atoms with E-state index >= 15 is 0 Å². The maximum atomic E-state index is 4.41. The molecule has 0 aromatic carbocycles. The minimum Gasteiger partial charge on any atom is -0.313 e. The number of nitrogens with zero attached hydrogens (tertiary/aromatic N) is 2. The number of rotatable bonds is 6. The van der Waals surface area contributed by atoms with Crippen LogP contribution in [0.15, 0.2) is 11.2 Å². The minimum absolute atomic E-state index is 0.566. The molecule has 1 unspecified atom stereocenters. The lowest BCUT2D eigenvalue weighted by molar-refractivity contribution is 0.438. The standard InChI is InChI=1S/C13H23N3S/c1-9(2)12(5)14-6-7-17-13-15-10(3)8-11(4)16-13/h8-9,12,14H,6-7H2,1-5H3. The smallest absolute Gasteiger partial charge is 0.188 e. The molecule has 1 aromatic rings. The van der Waals surface area contributed by atoms with Crippen molar-refractivity contribution >= 4 is 11.8 Å². The van der Waals surface area contributed by atoms with Crippen molar-refractivity contribution in [3.63, 3.8) is 0 Å². The third-order valence-electron chi connectivity index (χ3n) is 2.76. The first-order chi connectivity index (χ1) is 7.99. The molecule has 0 radical (unpaired) electrons. The van der Waals surface area contributed by atoms with Gasteiger partial charge in [0.2, 0.25) is 0 Å². The van der Waals surface area contributed by atoms with Gasteiger partial charge >= 0.3 is 0 Å². The molecule has 1 rings (SSSR count). The molecule has 0 bridgehead atoms. The van der Waals surface area contributed by atoms with Gasteiger partial charge in [-0.2, -0.15) is 0 Å². The normalized spacial score (nSPS) is 13.1. The summed E-state index contributed by atoms with van der Waals surface area (Å²) in [6.07, 6.45) is 0. The second kappa shape index (κ2) is 6.97. The zero-order valence-corrected chi connectivity index (χ0v) is 12.3. The molecular weight excluding hydrogens is 230 g/mol. The van der Waals surface area contributed by atoms with E-state index in [0.717, 1.165) is 28.8 Å². The van der Waals surface area contributed by atoms with Crippen LogP contribution in [0.1, 0.15) is 32.2 Å². The Kier molecular flexibility index (Phi) is 5.92. The fourth-order valence-electron chi connectivity index (χ4n) is 1.42. The van der Waals surface area contributed by atoms with Crippen LogP contribution in [0.2, 0.25) is 0 Å². The Balaban J connectivity index is 2.31. The number of hydrogen-bond donors (Lipinski definition) is 1. The Hall–Kier alpha value is -0.610. The summed E-state index contributed by atoms with van der Waals surface area (Å²) in [5, 5.41) is 4.40. The Morgan fingerprint density at radius 1 is 1.18 bits per heavy atom. The quantitative estimate of drug-likeness (QED) is 0.480. The molecule has 0 aliphatic carbocycles. The van der Waals surface area contributed by atoms with Gasteiger partial charge in [0.1, 0.15) is 0 Å². The van der Waals surface area contributed by atoms with Gasteiger partial charge in [0.05, 0.1) is 0 Å². The summed E-state index contributed by atoms with van der Waals surface area (Å²) in [7, 11) is 0. The number of nitrogens with one attached hydrogen (secondary N) is 1. The van der Waals surface area contributed by atoms with Crippen LogP contribution in [0, 0.1) is 19.8 Å².